The predicted octanol–water partition coefficient (Wildman–Crippen LogP) is 1.48. The first-order valence-electron chi connectivity index (χ1n) is 6.87. The Bertz CT molecular complexity index is 502. The number of benzene rings is 1. The molecule has 1 aromatic rings. The molecule has 1 saturated heterocycles. The second-order valence-electron chi connectivity index (χ2n) is 5.23. The highest BCUT2D eigenvalue weighted by Crippen LogP contribution is 2.16. The minimum atomic E-state index is -0.750. The zero-order valence-electron chi connectivity index (χ0n) is 11.6. The molecule has 0 radical (unpaired) electrons. The maximum absolute atomic E-state index is 12.1. The fourth-order valence-electron chi connectivity index (χ4n) is 2.51. The minimum Gasteiger partial charge on any atom is -0.481 e. The maximum atomic E-state index is 12.1. The van der Waals surface area contributed by atoms with E-state index in [0.717, 1.165) is 24.9 Å². The number of carbonyl (C=O) groups is 2. The van der Waals surface area contributed by atoms with Gasteiger partial charge in [-0.05, 0) is 37.9 Å². The number of nitrogens with one attached hydrogen (secondary N) is 1. The standard InChI is InChI=1S/C15H20N2O3/c1-11-5-2-3-7-13(11)14(18)16-10-17-8-4-6-12(9-17)15(19)20/h2-3,5,7,12H,4,6,8-10H2,1H3,(H,16,18)(H,19,20). The molecule has 0 saturated carbocycles. The van der Waals surface area contributed by atoms with Crippen LogP contribution in [0.1, 0.15) is 28.8 Å². The summed E-state index contributed by atoms with van der Waals surface area (Å²) in [6.07, 6.45) is 1.58. The molecule has 2 rings (SSSR count). The Labute approximate surface area is 118 Å². The Kier molecular flexibility index (Phi) is 4.74. The molecule has 1 unspecified atom stereocenters. The van der Waals surface area contributed by atoms with Crippen molar-refractivity contribution in [1.29, 1.82) is 0 Å². The average molecular weight is 276 g/mol. The molecule has 0 aromatic heterocycles. The molecule has 108 valence electrons. The van der Waals surface area contributed by atoms with Gasteiger partial charge in [-0.3, -0.25) is 14.5 Å². The van der Waals surface area contributed by atoms with E-state index < -0.39 is 5.97 Å². The van der Waals surface area contributed by atoms with E-state index in [1.165, 1.54) is 0 Å². The SMILES string of the molecule is Cc1ccccc1C(=O)NCN1CCCC(C(=O)O)C1. The third kappa shape index (κ3) is 3.57. The summed E-state index contributed by atoms with van der Waals surface area (Å²) in [6, 6.07) is 7.43. The fraction of sp³-hybridized carbons (Fsp3) is 0.467. The van der Waals surface area contributed by atoms with Crippen LogP contribution in [-0.4, -0.2) is 41.6 Å². The van der Waals surface area contributed by atoms with Gasteiger partial charge in [-0.2, -0.15) is 0 Å². The summed E-state index contributed by atoms with van der Waals surface area (Å²) in [5.74, 6) is -1.18. The van der Waals surface area contributed by atoms with Gasteiger partial charge in [0, 0.05) is 12.1 Å². The summed E-state index contributed by atoms with van der Waals surface area (Å²) in [4.78, 5) is 25.0. The highest BCUT2D eigenvalue weighted by atomic mass is 16.4. The van der Waals surface area contributed by atoms with E-state index in [4.69, 9.17) is 5.11 Å². The highest BCUT2D eigenvalue weighted by molar-refractivity contribution is 5.95. The van der Waals surface area contributed by atoms with Crippen LogP contribution in [0.2, 0.25) is 0 Å². The molecule has 0 spiro atoms. The van der Waals surface area contributed by atoms with Crippen molar-refractivity contribution in [2.45, 2.75) is 19.8 Å². The number of carbonyl (C=O) groups excluding carboxylic acids is 1. The summed E-state index contributed by atoms with van der Waals surface area (Å²) in [7, 11) is 0. The van der Waals surface area contributed by atoms with Crippen LogP contribution in [0.5, 0.6) is 0 Å². The molecule has 5 heteroatoms. The number of hydrogen-bond donors (Lipinski definition) is 2. The number of carboxylic acids is 1. The molecule has 1 aliphatic rings. The molecule has 20 heavy (non-hydrogen) atoms. The fourth-order valence-corrected chi connectivity index (χ4v) is 2.51. The second-order valence-corrected chi connectivity index (χ2v) is 5.23. The second kappa shape index (κ2) is 6.52. The number of rotatable bonds is 4. The Hall–Kier alpha value is -1.88. The summed E-state index contributed by atoms with van der Waals surface area (Å²) < 4.78 is 0. The van der Waals surface area contributed by atoms with Gasteiger partial charge in [0.2, 0.25) is 0 Å². The van der Waals surface area contributed by atoms with Crippen molar-refractivity contribution in [3.8, 4) is 0 Å². The topological polar surface area (TPSA) is 69.6 Å². The van der Waals surface area contributed by atoms with Gasteiger partial charge in [-0.1, -0.05) is 18.2 Å². The molecule has 5 nitrogen and oxygen atoms in total. The molecule has 0 aliphatic carbocycles. The first kappa shape index (κ1) is 14.5. The quantitative estimate of drug-likeness (QED) is 0.874. The zero-order valence-corrected chi connectivity index (χ0v) is 11.6. The van der Waals surface area contributed by atoms with Crippen molar-refractivity contribution >= 4 is 11.9 Å². The van der Waals surface area contributed by atoms with E-state index in [1.807, 2.05) is 30.0 Å². The van der Waals surface area contributed by atoms with Crippen LogP contribution in [0.4, 0.5) is 0 Å². The Morgan fingerprint density at radius 2 is 2.15 bits per heavy atom. The number of amides is 1. The Balaban J connectivity index is 1.87. The molecule has 1 atom stereocenters. The van der Waals surface area contributed by atoms with Crippen LogP contribution in [0, 0.1) is 12.8 Å². The van der Waals surface area contributed by atoms with E-state index in [-0.39, 0.29) is 11.8 Å². The lowest BCUT2D eigenvalue weighted by Gasteiger charge is -2.30. The maximum Gasteiger partial charge on any atom is 0.307 e. The van der Waals surface area contributed by atoms with Gasteiger partial charge in [0.25, 0.3) is 5.91 Å². The first-order valence-corrected chi connectivity index (χ1v) is 6.87. The molecule has 0 bridgehead atoms. The van der Waals surface area contributed by atoms with E-state index >= 15 is 0 Å². The van der Waals surface area contributed by atoms with E-state index in [1.54, 1.807) is 6.07 Å². The van der Waals surface area contributed by atoms with Crippen molar-refractivity contribution in [3.05, 3.63) is 35.4 Å². The van der Waals surface area contributed by atoms with Gasteiger partial charge in [-0.15, -0.1) is 0 Å². The third-order valence-corrected chi connectivity index (χ3v) is 3.71. The first-order chi connectivity index (χ1) is 9.58. The molecule has 1 amide bonds. The van der Waals surface area contributed by atoms with Crippen molar-refractivity contribution < 1.29 is 14.7 Å². The zero-order chi connectivity index (χ0) is 14.5. The smallest absolute Gasteiger partial charge is 0.307 e. The summed E-state index contributed by atoms with van der Waals surface area (Å²) in [5.41, 5.74) is 1.60. The number of likely N-dealkylation sites (tertiary alicyclic amines) is 1. The van der Waals surface area contributed by atoms with Crippen molar-refractivity contribution in [1.82, 2.24) is 10.2 Å². The predicted molar refractivity (Wildman–Crippen MR) is 75.4 cm³/mol. The number of hydrogen-bond acceptors (Lipinski definition) is 3. The Morgan fingerprint density at radius 1 is 1.40 bits per heavy atom. The number of aliphatic carboxylic acids is 1. The number of carboxylic acid groups (broad SMARTS) is 1. The molecular formula is C15H20N2O3. The Morgan fingerprint density at radius 3 is 2.85 bits per heavy atom. The lowest BCUT2D eigenvalue weighted by atomic mass is 9.99. The van der Waals surface area contributed by atoms with Crippen molar-refractivity contribution in [2.75, 3.05) is 19.8 Å². The van der Waals surface area contributed by atoms with Gasteiger partial charge in [0.05, 0.1) is 12.6 Å². The molecule has 1 heterocycles. The van der Waals surface area contributed by atoms with Crippen LogP contribution in [0.25, 0.3) is 0 Å². The normalized spacial score (nSPS) is 19.6. The van der Waals surface area contributed by atoms with Crippen LogP contribution in [-0.2, 0) is 4.79 Å². The van der Waals surface area contributed by atoms with Crippen LogP contribution >= 0.6 is 0 Å². The number of nitrogens with zero attached hydrogens (tertiary/aromatic N) is 1. The van der Waals surface area contributed by atoms with Crippen LogP contribution in [0.15, 0.2) is 24.3 Å². The van der Waals surface area contributed by atoms with Gasteiger partial charge in [0.15, 0.2) is 0 Å². The summed E-state index contributed by atoms with van der Waals surface area (Å²) in [6.45, 7) is 3.63. The van der Waals surface area contributed by atoms with Crippen molar-refractivity contribution in [3.63, 3.8) is 0 Å². The monoisotopic (exact) mass is 276 g/mol. The lowest BCUT2D eigenvalue weighted by molar-refractivity contribution is -0.143. The van der Waals surface area contributed by atoms with Crippen LogP contribution < -0.4 is 5.32 Å². The van der Waals surface area contributed by atoms with Gasteiger partial charge < -0.3 is 10.4 Å². The highest BCUT2D eigenvalue weighted by Gasteiger charge is 2.25. The van der Waals surface area contributed by atoms with E-state index in [2.05, 4.69) is 5.32 Å². The van der Waals surface area contributed by atoms with Crippen LogP contribution in [0.3, 0.4) is 0 Å². The van der Waals surface area contributed by atoms with E-state index in [0.29, 0.717) is 18.8 Å². The number of aryl methyl sites for hydroxylation is 1. The largest absolute Gasteiger partial charge is 0.481 e. The summed E-state index contributed by atoms with van der Waals surface area (Å²) in [5, 5.41) is 11.9. The van der Waals surface area contributed by atoms with Gasteiger partial charge in [-0.25, -0.2) is 0 Å². The van der Waals surface area contributed by atoms with Gasteiger partial charge in [0.1, 0.15) is 0 Å². The third-order valence-electron chi connectivity index (χ3n) is 3.71. The average Bonchev–Trinajstić information content (AvgIpc) is 2.45. The van der Waals surface area contributed by atoms with Crippen molar-refractivity contribution in [2.24, 2.45) is 5.92 Å². The number of piperidine rings is 1. The van der Waals surface area contributed by atoms with Gasteiger partial charge >= 0.3 is 5.97 Å². The van der Waals surface area contributed by atoms with E-state index in [9.17, 15) is 9.59 Å². The summed E-state index contributed by atoms with van der Waals surface area (Å²) >= 11 is 0. The molecule has 1 aliphatic heterocycles. The lowest BCUT2D eigenvalue weighted by Crippen LogP contribution is -2.44. The molecule has 1 fully saturated rings. The molecular weight excluding hydrogens is 256 g/mol. The molecule has 1 aromatic carbocycles. The molecule has 2 N–H and O–H groups in total. The minimum absolute atomic E-state index is 0.111.